The van der Waals surface area contributed by atoms with Crippen LogP contribution < -0.4 is 5.32 Å². The molecule has 2 aromatic rings. The summed E-state index contributed by atoms with van der Waals surface area (Å²) in [6.07, 6.45) is 3.96. The van der Waals surface area contributed by atoms with Crippen molar-refractivity contribution in [3.63, 3.8) is 0 Å². The van der Waals surface area contributed by atoms with Gasteiger partial charge in [-0.3, -0.25) is 14.4 Å². The third-order valence-corrected chi connectivity index (χ3v) is 4.62. The highest BCUT2D eigenvalue weighted by molar-refractivity contribution is 6.31. The van der Waals surface area contributed by atoms with Crippen molar-refractivity contribution in [1.29, 1.82) is 0 Å². The highest BCUT2D eigenvalue weighted by Gasteiger charge is 2.29. The van der Waals surface area contributed by atoms with Gasteiger partial charge in [-0.15, -0.1) is 0 Å². The van der Waals surface area contributed by atoms with Gasteiger partial charge in [0.1, 0.15) is 0 Å². The second-order valence-electron chi connectivity index (χ2n) is 6.02. The number of nitrogens with zero attached hydrogens (tertiary/aromatic N) is 3. The maximum absolute atomic E-state index is 12.4. The van der Waals surface area contributed by atoms with Gasteiger partial charge in [0.2, 0.25) is 5.91 Å². The maximum atomic E-state index is 12.4. The Labute approximate surface area is 141 Å². The van der Waals surface area contributed by atoms with Crippen LogP contribution in [0.25, 0.3) is 0 Å². The molecule has 1 amide bonds. The van der Waals surface area contributed by atoms with Crippen LogP contribution in [0.5, 0.6) is 0 Å². The van der Waals surface area contributed by atoms with E-state index >= 15 is 0 Å². The lowest BCUT2D eigenvalue weighted by Crippen LogP contribution is -2.33. The van der Waals surface area contributed by atoms with E-state index in [0.717, 1.165) is 36.3 Å². The summed E-state index contributed by atoms with van der Waals surface area (Å²) in [7, 11) is 1.95. The molecule has 1 aliphatic rings. The number of aryl methyl sites for hydroxylation is 2. The number of halogens is 1. The van der Waals surface area contributed by atoms with E-state index in [1.807, 2.05) is 36.9 Å². The highest BCUT2D eigenvalue weighted by atomic mass is 35.5. The van der Waals surface area contributed by atoms with Gasteiger partial charge in [0.05, 0.1) is 18.3 Å². The second-order valence-corrected chi connectivity index (χ2v) is 6.45. The topological polar surface area (TPSA) is 50.2 Å². The molecule has 1 aliphatic heterocycles. The molecular formula is C17H21ClN4O. The van der Waals surface area contributed by atoms with Gasteiger partial charge in [0.15, 0.2) is 0 Å². The molecule has 2 heterocycles. The van der Waals surface area contributed by atoms with E-state index in [9.17, 15) is 4.79 Å². The fourth-order valence-corrected chi connectivity index (χ4v) is 3.34. The first-order chi connectivity index (χ1) is 11.0. The van der Waals surface area contributed by atoms with E-state index in [4.69, 9.17) is 11.6 Å². The van der Waals surface area contributed by atoms with Crippen molar-refractivity contribution in [3.8, 4) is 0 Å². The summed E-state index contributed by atoms with van der Waals surface area (Å²) in [5.74, 6) is -0.00978. The van der Waals surface area contributed by atoms with Crippen LogP contribution in [0.2, 0.25) is 5.02 Å². The Bertz CT molecular complexity index is 712. The minimum atomic E-state index is -0.00978. The zero-order valence-electron chi connectivity index (χ0n) is 13.4. The smallest absolute Gasteiger partial charge is 0.238 e. The summed E-state index contributed by atoms with van der Waals surface area (Å²) in [6, 6.07) is 7.81. The van der Waals surface area contributed by atoms with E-state index in [-0.39, 0.29) is 11.9 Å². The zero-order valence-corrected chi connectivity index (χ0v) is 14.2. The summed E-state index contributed by atoms with van der Waals surface area (Å²) in [5.41, 5.74) is 2.94. The van der Waals surface area contributed by atoms with E-state index in [1.165, 1.54) is 0 Å². The molecule has 0 bridgehead atoms. The predicted octanol–water partition coefficient (Wildman–Crippen LogP) is 3.16. The van der Waals surface area contributed by atoms with E-state index in [1.54, 1.807) is 12.3 Å². The Kier molecular flexibility index (Phi) is 4.68. The molecule has 5 nitrogen and oxygen atoms in total. The third-order valence-electron chi connectivity index (χ3n) is 4.38. The molecule has 1 unspecified atom stereocenters. The number of rotatable bonds is 4. The van der Waals surface area contributed by atoms with Crippen LogP contribution in [0.4, 0.5) is 5.69 Å². The molecule has 122 valence electrons. The van der Waals surface area contributed by atoms with Crippen molar-refractivity contribution < 1.29 is 4.79 Å². The molecule has 1 saturated heterocycles. The molecule has 6 heteroatoms. The number of benzene rings is 1. The van der Waals surface area contributed by atoms with Gasteiger partial charge in [-0.1, -0.05) is 17.7 Å². The van der Waals surface area contributed by atoms with Gasteiger partial charge in [-0.2, -0.15) is 5.10 Å². The minimum Gasteiger partial charge on any atom is -0.325 e. The van der Waals surface area contributed by atoms with Gasteiger partial charge >= 0.3 is 0 Å². The Morgan fingerprint density at radius 1 is 1.43 bits per heavy atom. The highest BCUT2D eigenvalue weighted by Crippen LogP contribution is 2.31. The van der Waals surface area contributed by atoms with Gasteiger partial charge in [0.25, 0.3) is 0 Å². The largest absolute Gasteiger partial charge is 0.325 e. The molecule has 1 aromatic heterocycles. The Balaban J connectivity index is 1.67. The number of aromatic nitrogens is 2. The molecule has 23 heavy (non-hydrogen) atoms. The lowest BCUT2D eigenvalue weighted by molar-refractivity contribution is -0.117. The zero-order chi connectivity index (χ0) is 16.4. The first kappa shape index (κ1) is 16.0. The molecule has 1 aromatic carbocycles. The van der Waals surface area contributed by atoms with Crippen LogP contribution in [0.15, 0.2) is 30.5 Å². The first-order valence-corrected chi connectivity index (χ1v) is 8.20. The average Bonchev–Trinajstić information content (AvgIpc) is 3.11. The van der Waals surface area contributed by atoms with Crippen molar-refractivity contribution in [2.75, 3.05) is 18.4 Å². The summed E-state index contributed by atoms with van der Waals surface area (Å²) in [5, 5.41) is 7.83. The molecule has 0 radical (unpaired) electrons. The van der Waals surface area contributed by atoms with Crippen molar-refractivity contribution in [2.45, 2.75) is 25.8 Å². The van der Waals surface area contributed by atoms with Crippen LogP contribution in [0, 0.1) is 6.92 Å². The van der Waals surface area contributed by atoms with E-state index < -0.39 is 0 Å². The summed E-state index contributed by atoms with van der Waals surface area (Å²) < 4.78 is 1.89. The molecule has 3 rings (SSSR count). The molecule has 0 spiro atoms. The Morgan fingerprint density at radius 2 is 2.26 bits per heavy atom. The molecule has 0 saturated carbocycles. The SMILES string of the molecule is Cc1ccc(Cl)cc1NC(=O)CN1CCCC1c1ccnn1C. The molecule has 1 fully saturated rings. The van der Waals surface area contributed by atoms with Crippen LogP contribution >= 0.6 is 11.6 Å². The second kappa shape index (κ2) is 6.72. The molecular weight excluding hydrogens is 312 g/mol. The predicted molar refractivity (Wildman–Crippen MR) is 91.6 cm³/mol. The first-order valence-electron chi connectivity index (χ1n) is 7.82. The number of anilines is 1. The standard InChI is InChI=1S/C17H21ClN4O/c1-12-5-6-13(18)10-14(12)20-17(23)11-22-9-3-4-16(22)15-7-8-19-21(15)2/h5-8,10,16H,3-4,9,11H2,1-2H3,(H,20,23). The fraction of sp³-hybridized carbons (Fsp3) is 0.412. The minimum absolute atomic E-state index is 0.00978. The van der Waals surface area contributed by atoms with Crippen LogP contribution in [-0.2, 0) is 11.8 Å². The number of amides is 1. The molecule has 1 atom stereocenters. The normalized spacial score (nSPS) is 18.3. The quantitative estimate of drug-likeness (QED) is 0.935. The lowest BCUT2D eigenvalue weighted by atomic mass is 10.1. The van der Waals surface area contributed by atoms with Gasteiger partial charge < -0.3 is 5.32 Å². The fourth-order valence-electron chi connectivity index (χ4n) is 3.16. The van der Waals surface area contributed by atoms with Gasteiger partial charge in [-0.25, -0.2) is 0 Å². The number of hydrogen-bond acceptors (Lipinski definition) is 3. The number of hydrogen-bond donors (Lipinski definition) is 1. The number of carbonyl (C=O) groups is 1. The Hall–Kier alpha value is -1.85. The van der Waals surface area contributed by atoms with Gasteiger partial charge in [0, 0.05) is 24.0 Å². The van der Waals surface area contributed by atoms with Crippen LogP contribution in [0.1, 0.15) is 30.1 Å². The Morgan fingerprint density at radius 3 is 3.00 bits per heavy atom. The molecule has 0 aliphatic carbocycles. The van der Waals surface area contributed by atoms with Crippen molar-refractivity contribution in [3.05, 3.63) is 46.7 Å². The van der Waals surface area contributed by atoms with Crippen LogP contribution in [-0.4, -0.2) is 33.7 Å². The molecule has 1 N–H and O–H groups in total. The number of nitrogens with one attached hydrogen (secondary N) is 1. The average molecular weight is 333 g/mol. The van der Waals surface area contributed by atoms with E-state index in [0.29, 0.717) is 11.6 Å². The summed E-state index contributed by atoms with van der Waals surface area (Å²) in [6.45, 7) is 3.26. The number of likely N-dealkylation sites (tertiary alicyclic amines) is 1. The third kappa shape index (κ3) is 3.57. The van der Waals surface area contributed by atoms with Gasteiger partial charge in [-0.05, 0) is 50.1 Å². The van der Waals surface area contributed by atoms with Crippen molar-refractivity contribution in [1.82, 2.24) is 14.7 Å². The van der Waals surface area contributed by atoms with Crippen LogP contribution in [0.3, 0.4) is 0 Å². The van der Waals surface area contributed by atoms with Crippen molar-refractivity contribution in [2.24, 2.45) is 7.05 Å². The van der Waals surface area contributed by atoms with E-state index in [2.05, 4.69) is 15.3 Å². The maximum Gasteiger partial charge on any atom is 0.238 e. The monoisotopic (exact) mass is 332 g/mol. The number of carbonyl (C=O) groups excluding carboxylic acids is 1. The van der Waals surface area contributed by atoms with Crippen molar-refractivity contribution >= 4 is 23.2 Å². The summed E-state index contributed by atoms with van der Waals surface area (Å²) >= 11 is 6.01. The summed E-state index contributed by atoms with van der Waals surface area (Å²) in [4.78, 5) is 14.6. The lowest BCUT2D eigenvalue weighted by Gasteiger charge is -2.24.